The second-order valence-corrected chi connectivity index (χ2v) is 5.65. The molecule has 1 aliphatic heterocycles. The van der Waals surface area contributed by atoms with Gasteiger partial charge in [0.15, 0.2) is 0 Å². The van der Waals surface area contributed by atoms with Crippen LogP contribution in [0.5, 0.6) is 0 Å². The van der Waals surface area contributed by atoms with Gasteiger partial charge >= 0.3 is 5.97 Å². The molecular weight excluding hydrogens is 254 g/mol. The van der Waals surface area contributed by atoms with Crippen LogP contribution in [0.1, 0.15) is 51.9 Å². The number of hydrogen-bond acceptors (Lipinski definition) is 3. The normalized spacial score (nSPS) is 19.7. The van der Waals surface area contributed by atoms with Crippen LogP contribution in [0.3, 0.4) is 0 Å². The lowest BCUT2D eigenvalue weighted by Crippen LogP contribution is -2.41. The first kappa shape index (κ1) is 16.7. The Balaban J connectivity index is 2.37. The summed E-state index contributed by atoms with van der Waals surface area (Å²) >= 11 is 0. The summed E-state index contributed by atoms with van der Waals surface area (Å²) in [6.07, 6.45) is 8.43. The third-order valence-electron chi connectivity index (χ3n) is 3.92. The molecule has 2 atom stereocenters. The first-order valence-corrected chi connectivity index (χ1v) is 7.58. The highest BCUT2D eigenvalue weighted by Gasteiger charge is 2.34. The van der Waals surface area contributed by atoms with Gasteiger partial charge in [0, 0.05) is 13.0 Å². The monoisotopic (exact) mass is 281 g/mol. The maximum absolute atomic E-state index is 12.3. The summed E-state index contributed by atoms with van der Waals surface area (Å²) in [6, 6.07) is -0.361. The Morgan fingerprint density at radius 1 is 1.45 bits per heavy atom. The number of amides is 1. The molecule has 0 aromatic carbocycles. The van der Waals surface area contributed by atoms with E-state index in [1.165, 1.54) is 7.11 Å². The van der Waals surface area contributed by atoms with E-state index in [4.69, 9.17) is 4.74 Å². The van der Waals surface area contributed by atoms with Crippen molar-refractivity contribution in [2.45, 2.75) is 57.9 Å². The van der Waals surface area contributed by atoms with Crippen LogP contribution in [-0.4, -0.2) is 36.5 Å². The molecule has 0 radical (unpaired) electrons. The van der Waals surface area contributed by atoms with Gasteiger partial charge in [-0.2, -0.15) is 0 Å². The molecule has 20 heavy (non-hydrogen) atoms. The zero-order valence-electron chi connectivity index (χ0n) is 12.8. The average Bonchev–Trinajstić information content (AvgIpc) is 2.92. The van der Waals surface area contributed by atoms with E-state index >= 15 is 0 Å². The second kappa shape index (κ2) is 8.77. The number of nitrogens with zero attached hydrogens (tertiary/aromatic N) is 1. The molecule has 1 saturated heterocycles. The molecule has 0 saturated carbocycles. The Bertz CT molecular complexity index is 341. The lowest BCUT2D eigenvalue weighted by molar-refractivity contribution is -0.151. The van der Waals surface area contributed by atoms with Gasteiger partial charge in [-0.25, -0.2) is 4.79 Å². The predicted molar refractivity (Wildman–Crippen MR) is 79.2 cm³/mol. The number of unbranched alkanes of at least 4 members (excludes halogenated alkanes) is 2. The predicted octanol–water partition coefficient (Wildman–Crippen LogP) is 2.92. The maximum Gasteiger partial charge on any atom is 0.328 e. The highest BCUT2D eigenvalue weighted by molar-refractivity contribution is 5.85. The molecule has 0 spiro atoms. The molecule has 0 bridgehead atoms. The van der Waals surface area contributed by atoms with Gasteiger partial charge in [0.25, 0.3) is 0 Å². The number of methoxy groups -OCH3 is 1. The van der Waals surface area contributed by atoms with E-state index in [2.05, 4.69) is 13.5 Å². The van der Waals surface area contributed by atoms with Crippen molar-refractivity contribution in [2.75, 3.05) is 13.7 Å². The van der Waals surface area contributed by atoms with Crippen LogP contribution >= 0.6 is 0 Å². The van der Waals surface area contributed by atoms with Crippen LogP contribution in [0.25, 0.3) is 0 Å². The van der Waals surface area contributed by atoms with Crippen LogP contribution in [0.15, 0.2) is 12.7 Å². The Morgan fingerprint density at radius 2 is 2.20 bits per heavy atom. The summed E-state index contributed by atoms with van der Waals surface area (Å²) in [5.41, 5.74) is 0. The Morgan fingerprint density at radius 3 is 2.85 bits per heavy atom. The number of allylic oxidation sites excluding steroid dienone is 1. The second-order valence-electron chi connectivity index (χ2n) is 5.65. The van der Waals surface area contributed by atoms with E-state index in [1.54, 1.807) is 4.90 Å². The van der Waals surface area contributed by atoms with Crippen molar-refractivity contribution < 1.29 is 14.3 Å². The number of hydrogen-bond donors (Lipinski definition) is 0. The fourth-order valence-electron chi connectivity index (χ4n) is 2.75. The molecule has 1 rings (SSSR count). The molecule has 0 N–H and O–H groups in total. The van der Waals surface area contributed by atoms with Gasteiger partial charge < -0.3 is 9.64 Å². The van der Waals surface area contributed by atoms with Gasteiger partial charge in [0.05, 0.1) is 7.11 Å². The van der Waals surface area contributed by atoms with Gasteiger partial charge in [-0.15, -0.1) is 6.58 Å². The van der Waals surface area contributed by atoms with E-state index in [1.807, 2.05) is 6.08 Å². The topological polar surface area (TPSA) is 46.6 Å². The highest BCUT2D eigenvalue weighted by atomic mass is 16.5. The number of carbonyl (C=O) groups is 2. The zero-order chi connectivity index (χ0) is 15.0. The van der Waals surface area contributed by atoms with E-state index in [9.17, 15) is 9.59 Å². The van der Waals surface area contributed by atoms with Gasteiger partial charge in [0.1, 0.15) is 6.04 Å². The van der Waals surface area contributed by atoms with Crippen LogP contribution in [0.2, 0.25) is 0 Å². The summed E-state index contributed by atoms with van der Waals surface area (Å²) < 4.78 is 4.77. The average molecular weight is 281 g/mol. The standard InChI is InChI=1S/C16H27NO3/c1-4-5-6-7-9-13(2)12-15(18)17-11-8-10-14(17)16(19)20-3/h4,13-14H,1,5-12H2,2-3H3/t13-,14+/m1/s1. The molecule has 1 amide bonds. The van der Waals surface area contributed by atoms with Crippen molar-refractivity contribution in [3.8, 4) is 0 Å². The fourth-order valence-corrected chi connectivity index (χ4v) is 2.75. The lowest BCUT2D eigenvalue weighted by Gasteiger charge is -2.24. The fraction of sp³-hybridized carbons (Fsp3) is 0.750. The molecule has 1 heterocycles. The van der Waals surface area contributed by atoms with Crippen LogP contribution in [-0.2, 0) is 14.3 Å². The maximum atomic E-state index is 12.3. The molecular formula is C16H27NO3. The molecule has 0 aliphatic carbocycles. The zero-order valence-corrected chi connectivity index (χ0v) is 12.8. The Kier molecular flexibility index (Phi) is 7.34. The van der Waals surface area contributed by atoms with Crippen molar-refractivity contribution >= 4 is 11.9 Å². The van der Waals surface area contributed by atoms with E-state index in [0.717, 1.165) is 38.5 Å². The largest absolute Gasteiger partial charge is 0.467 e. The highest BCUT2D eigenvalue weighted by Crippen LogP contribution is 2.22. The Labute approximate surface area is 122 Å². The number of ether oxygens (including phenoxy) is 1. The van der Waals surface area contributed by atoms with Gasteiger partial charge in [0.2, 0.25) is 5.91 Å². The summed E-state index contributed by atoms with van der Waals surface area (Å²) in [7, 11) is 1.38. The first-order chi connectivity index (χ1) is 9.60. The minimum Gasteiger partial charge on any atom is -0.467 e. The molecule has 0 aromatic rings. The van der Waals surface area contributed by atoms with Gasteiger partial charge in [-0.3, -0.25) is 4.79 Å². The molecule has 4 nitrogen and oxygen atoms in total. The third-order valence-corrected chi connectivity index (χ3v) is 3.92. The Hall–Kier alpha value is -1.32. The van der Waals surface area contributed by atoms with Gasteiger partial charge in [-0.1, -0.05) is 25.8 Å². The third kappa shape index (κ3) is 4.99. The SMILES string of the molecule is C=CCCCC[C@@H](C)CC(=O)N1CCC[C@H]1C(=O)OC. The van der Waals surface area contributed by atoms with Crippen molar-refractivity contribution in [1.82, 2.24) is 4.90 Å². The number of carbonyl (C=O) groups excluding carboxylic acids is 2. The number of likely N-dealkylation sites (tertiary alicyclic amines) is 1. The van der Waals surface area contributed by atoms with Crippen molar-refractivity contribution in [3.63, 3.8) is 0 Å². The minimum absolute atomic E-state index is 0.0918. The minimum atomic E-state index is -0.361. The first-order valence-electron chi connectivity index (χ1n) is 7.58. The van der Waals surface area contributed by atoms with Crippen molar-refractivity contribution in [1.29, 1.82) is 0 Å². The molecule has 4 heteroatoms. The van der Waals surface area contributed by atoms with Crippen molar-refractivity contribution in [2.24, 2.45) is 5.92 Å². The smallest absolute Gasteiger partial charge is 0.328 e. The molecule has 114 valence electrons. The van der Waals surface area contributed by atoms with Gasteiger partial charge in [-0.05, 0) is 31.6 Å². The molecule has 1 aliphatic rings. The summed E-state index contributed by atoms with van der Waals surface area (Å²) in [6.45, 7) is 6.49. The van der Waals surface area contributed by atoms with Crippen LogP contribution in [0.4, 0.5) is 0 Å². The molecule has 1 fully saturated rings. The lowest BCUT2D eigenvalue weighted by atomic mass is 9.99. The van der Waals surface area contributed by atoms with E-state index < -0.39 is 0 Å². The van der Waals surface area contributed by atoms with E-state index in [0.29, 0.717) is 18.9 Å². The summed E-state index contributed by atoms with van der Waals surface area (Å²) in [4.78, 5) is 25.6. The van der Waals surface area contributed by atoms with Crippen LogP contribution < -0.4 is 0 Å². The summed E-state index contributed by atoms with van der Waals surface area (Å²) in [5, 5.41) is 0. The van der Waals surface area contributed by atoms with Crippen LogP contribution in [0, 0.1) is 5.92 Å². The van der Waals surface area contributed by atoms with Crippen molar-refractivity contribution in [3.05, 3.63) is 12.7 Å². The summed E-state index contributed by atoms with van der Waals surface area (Å²) in [5.74, 6) is 0.176. The molecule has 0 unspecified atom stereocenters. The quantitative estimate of drug-likeness (QED) is 0.390. The number of rotatable bonds is 8. The number of esters is 1. The van der Waals surface area contributed by atoms with E-state index in [-0.39, 0.29) is 17.9 Å². The molecule has 0 aromatic heterocycles.